The Morgan fingerprint density at radius 2 is 1.43 bits per heavy atom. The molecule has 0 atom stereocenters. The van der Waals surface area contributed by atoms with Crippen molar-refractivity contribution in [1.29, 1.82) is 0 Å². The Hall–Kier alpha value is 0.320. The number of anilines is 1. The van der Waals surface area contributed by atoms with Gasteiger partial charge in [-0.1, -0.05) is 12.1 Å². The van der Waals surface area contributed by atoms with Crippen LogP contribution < -0.4 is 64.8 Å². The van der Waals surface area contributed by atoms with Crippen LogP contribution in [-0.2, 0) is 20.2 Å². The third kappa shape index (κ3) is 4.64. The molecule has 0 saturated carbocycles. The minimum absolute atomic E-state index is 0. The van der Waals surface area contributed by atoms with Crippen LogP contribution in [0.25, 0.3) is 10.8 Å². The number of nitrogens with two attached hydrogens (primary N) is 1. The Morgan fingerprint density at radius 1 is 0.857 bits per heavy atom. The van der Waals surface area contributed by atoms with Gasteiger partial charge in [-0.15, -0.1) is 0 Å². The number of hydrogen-bond donors (Lipinski definition) is 1. The van der Waals surface area contributed by atoms with E-state index in [2.05, 4.69) is 0 Å². The summed E-state index contributed by atoms with van der Waals surface area (Å²) in [5, 5.41) is 0.436. The zero-order valence-corrected chi connectivity index (χ0v) is 16.9. The van der Waals surface area contributed by atoms with Crippen LogP contribution in [0.4, 0.5) is 5.69 Å². The SMILES string of the molecule is Nc1c(S(=O)(=O)[O-])ccc2cc(S(=O)(=O)[O-])ccc12.[Na+].[Na+]. The maximum Gasteiger partial charge on any atom is 1.00 e. The molecule has 0 bridgehead atoms. The topological polar surface area (TPSA) is 140 Å². The summed E-state index contributed by atoms with van der Waals surface area (Å²) < 4.78 is 65.4. The average Bonchev–Trinajstić information content (AvgIpc) is 2.26. The zero-order chi connectivity index (χ0) is 14.4. The van der Waals surface area contributed by atoms with E-state index in [0.29, 0.717) is 0 Å². The smallest absolute Gasteiger partial charge is 0.744 e. The first-order chi connectivity index (χ1) is 8.60. The fraction of sp³-hybridized carbons (Fsp3) is 0. The maximum absolute atomic E-state index is 10.9. The van der Waals surface area contributed by atoms with Crippen molar-refractivity contribution in [1.82, 2.24) is 0 Å². The molecule has 11 heteroatoms. The Balaban J connectivity index is 0.00000200. The molecule has 0 aliphatic carbocycles. The van der Waals surface area contributed by atoms with Gasteiger partial charge in [-0.3, -0.25) is 0 Å². The first-order valence-corrected chi connectivity index (χ1v) is 7.66. The van der Waals surface area contributed by atoms with E-state index in [4.69, 9.17) is 5.73 Å². The third-order valence-electron chi connectivity index (χ3n) is 2.55. The quantitative estimate of drug-likeness (QED) is 0.324. The number of hydrogen-bond acceptors (Lipinski definition) is 7. The fourth-order valence-electron chi connectivity index (χ4n) is 1.69. The Bertz CT molecular complexity index is 880. The fourth-order valence-corrected chi connectivity index (χ4v) is 2.81. The van der Waals surface area contributed by atoms with Crippen LogP contribution in [0, 0.1) is 0 Å². The van der Waals surface area contributed by atoms with E-state index >= 15 is 0 Å². The number of nitrogen functional groups attached to an aromatic ring is 1. The summed E-state index contributed by atoms with van der Waals surface area (Å²) in [5.41, 5.74) is 5.28. The molecule has 0 spiro atoms. The molecule has 2 rings (SSSR count). The molecular weight excluding hydrogens is 340 g/mol. The normalized spacial score (nSPS) is 11.5. The molecule has 102 valence electrons. The van der Waals surface area contributed by atoms with E-state index < -0.39 is 30.0 Å². The Labute approximate surface area is 166 Å². The van der Waals surface area contributed by atoms with Crippen molar-refractivity contribution in [3.8, 4) is 0 Å². The molecule has 0 aromatic heterocycles. The molecule has 0 radical (unpaired) electrons. The second-order valence-corrected chi connectivity index (χ2v) is 6.50. The van der Waals surface area contributed by atoms with Crippen LogP contribution in [0.15, 0.2) is 40.1 Å². The van der Waals surface area contributed by atoms with Crippen LogP contribution in [0.1, 0.15) is 0 Å². The Kier molecular flexibility index (Phi) is 7.37. The van der Waals surface area contributed by atoms with E-state index in [1.165, 1.54) is 12.1 Å². The van der Waals surface area contributed by atoms with E-state index in [9.17, 15) is 25.9 Å². The van der Waals surface area contributed by atoms with E-state index in [-0.39, 0.29) is 75.6 Å². The second kappa shape index (κ2) is 7.26. The van der Waals surface area contributed by atoms with E-state index in [0.717, 1.165) is 18.2 Å². The molecule has 0 saturated heterocycles. The van der Waals surface area contributed by atoms with Gasteiger partial charge in [0.25, 0.3) is 0 Å². The molecule has 2 aromatic carbocycles. The van der Waals surface area contributed by atoms with Gasteiger partial charge in [-0.05, 0) is 23.6 Å². The van der Waals surface area contributed by atoms with Gasteiger partial charge in [-0.25, -0.2) is 16.8 Å². The number of rotatable bonds is 2. The van der Waals surface area contributed by atoms with Gasteiger partial charge < -0.3 is 14.8 Å². The van der Waals surface area contributed by atoms with Gasteiger partial charge in [-0.2, -0.15) is 0 Å². The summed E-state index contributed by atoms with van der Waals surface area (Å²) in [7, 11) is -9.33. The van der Waals surface area contributed by atoms with Crippen molar-refractivity contribution in [2.24, 2.45) is 0 Å². The van der Waals surface area contributed by atoms with E-state index in [1.54, 1.807) is 0 Å². The molecule has 0 amide bonds. The van der Waals surface area contributed by atoms with Gasteiger partial charge in [0.2, 0.25) is 0 Å². The van der Waals surface area contributed by atoms with Crippen molar-refractivity contribution >= 4 is 36.7 Å². The standard InChI is InChI=1S/C10H9NO6S2.2Na/c11-10-8-3-2-7(18(12,13)14)5-6(8)1-4-9(10)19(15,16)17;;/h1-5H,11H2,(H,12,13,14)(H,15,16,17);;/q;2*+1/p-2. The largest absolute Gasteiger partial charge is 1.00 e. The maximum atomic E-state index is 10.9. The molecule has 0 fully saturated rings. The van der Waals surface area contributed by atoms with Gasteiger partial charge in [0, 0.05) is 5.39 Å². The molecule has 2 aromatic rings. The predicted molar refractivity (Wildman–Crippen MR) is 64.3 cm³/mol. The first kappa shape index (κ1) is 21.3. The first-order valence-electron chi connectivity index (χ1n) is 4.85. The van der Waals surface area contributed by atoms with Gasteiger partial charge in [0.1, 0.15) is 20.2 Å². The van der Waals surface area contributed by atoms with Crippen LogP contribution in [0.2, 0.25) is 0 Å². The van der Waals surface area contributed by atoms with Crippen LogP contribution in [0.5, 0.6) is 0 Å². The number of fused-ring (bicyclic) bond motifs is 1. The molecule has 0 unspecified atom stereocenters. The molecule has 21 heavy (non-hydrogen) atoms. The summed E-state index contributed by atoms with van der Waals surface area (Å²) in [4.78, 5) is -1.05. The van der Waals surface area contributed by atoms with Gasteiger partial charge in [0.05, 0.1) is 15.5 Å². The second-order valence-electron chi connectivity index (χ2n) is 3.77. The zero-order valence-electron chi connectivity index (χ0n) is 11.2. The summed E-state index contributed by atoms with van der Waals surface area (Å²) >= 11 is 0. The minimum Gasteiger partial charge on any atom is -0.744 e. The van der Waals surface area contributed by atoms with Crippen LogP contribution >= 0.6 is 0 Å². The molecule has 7 nitrogen and oxygen atoms in total. The molecule has 2 N–H and O–H groups in total. The van der Waals surface area contributed by atoms with Crippen molar-refractivity contribution in [3.05, 3.63) is 30.3 Å². The van der Waals surface area contributed by atoms with Crippen molar-refractivity contribution in [2.75, 3.05) is 5.73 Å². The molecule has 0 aliphatic heterocycles. The van der Waals surface area contributed by atoms with Gasteiger partial charge in [0.15, 0.2) is 0 Å². The number of benzene rings is 2. The third-order valence-corrected chi connectivity index (χ3v) is 4.28. The van der Waals surface area contributed by atoms with Crippen molar-refractivity contribution in [2.45, 2.75) is 9.79 Å². The minimum atomic E-state index is -4.72. The summed E-state index contributed by atoms with van der Waals surface area (Å²) in [6, 6.07) is 5.44. The van der Waals surface area contributed by atoms with Crippen molar-refractivity contribution < 1.29 is 85.1 Å². The summed E-state index contributed by atoms with van der Waals surface area (Å²) in [6.45, 7) is 0. The van der Waals surface area contributed by atoms with Crippen molar-refractivity contribution in [3.63, 3.8) is 0 Å². The molecular formula is C10H7NNa2O6S2. The monoisotopic (exact) mass is 347 g/mol. The average molecular weight is 347 g/mol. The van der Waals surface area contributed by atoms with Gasteiger partial charge >= 0.3 is 59.1 Å². The molecule has 0 heterocycles. The summed E-state index contributed by atoms with van der Waals surface area (Å²) in [6.07, 6.45) is 0. The molecule has 0 aliphatic rings. The Morgan fingerprint density at radius 3 is 1.90 bits per heavy atom. The van der Waals surface area contributed by atoms with E-state index in [1.807, 2.05) is 0 Å². The van der Waals surface area contributed by atoms with Crippen LogP contribution in [0.3, 0.4) is 0 Å². The predicted octanol–water partition coefficient (Wildman–Crippen LogP) is -5.76. The summed E-state index contributed by atoms with van der Waals surface area (Å²) in [5.74, 6) is 0. The van der Waals surface area contributed by atoms with Crippen LogP contribution in [-0.4, -0.2) is 25.9 Å².